The number of ether oxygens (including phenoxy) is 2. The van der Waals surface area contributed by atoms with E-state index in [-0.39, 0.29) is 5.91 Å². The fraction of sp³-hybridized carbons (Fsp3) is 0.429. The monoisotopic (exact) mass is 265 g/mol. The Bertz CT molecular complexity index is 419. The smallest absolute Gasteiger partial charge is 0.331 e. The van der Waals surface area contributed by atoms with Gasteiger partial charge in [-0.1, -0.05) is 30.3 Å². The van der Waals surface area contributed by atoms with Gasteiger partial charge in [0.25, 0.3) is 0 Å². The molecule has 19 heavy (non-hydrogen) atoms. The number of hydrogen-bond acceptors (Lipinski definition) is 4. The Morgan fingerprint density at radius 3 is 2.42 bits per heavy atom. The normalized spacial score (nSPS) is 13.4. The van der Waals surface area contributed by atoms with E-state index in [1.54, 1.807) is 6.92 Å². The standard InChI is InChI=1S/C14H19NO4/c1-10(13(14(17)18-3)15-11(2)16)19-9-12-7-5-4-6-8-12/h4-8,10,13H,9H2,1-3H3,(H,15,16)/t10-,13+/m0/s1. The molecule has 0 saturated carbocycles. The van der Waals surface area contributed by atoms with Crippen molar-refractivity contribution in [3.05, 3.63) is 35.9 Å². The van der Waals surface area contributed by atoms with Crippen LogP contribution in [0.5, 0.6) is 0 Å². The van der Waals surface area contributed by atoms with E-state index in [2.05, 4.69) is 10.1 Å². The molecule has 0 bridgehead atoms. The highest BCUT2D eigenvalue weighted by molar-refractivity contribution is 5.83. The third-order valence-electron chi connectivity index (χ3n) is 2.64. The minimum absolute atomic E-state index is 0.300. The molecule has 0 aliphatic rings. The average molecular weight is 265 g/mol. The van der Waals surface area contributed by atoms with E-state index in [4.69, 9.17) is 4.74 Å². The molecule has 1 N–H and O–H groups in total. The number of esters is 1. The molecule has 0 aromatic heterocycles. The van der Waals surface area contributed by atoms with Gasteiger partial charge in [0, 0.05) is 6.92 Å². The van der Waals surface area contributed by atoms with Crippen LogP contribution in [-0.4, -0.2) is 31.1 Å². The summed E-state index contributed by atoms with van der Waals surface area (Å²) >= 11 is 0. The molecule has 104 valence electrons. The Balaban J connectivity index is 2.59. The van der Waals surface area contributed by atoms with Gasteiger partial charge in [0.15, 0.2) is 6.04 Å². The molecule has 0 aliphatic heterocycles. The van der Waals surface area contributed by atoms with Crippen molar-refractivity contribution in [1.82, 2.24) is 5.32 Å². The number of nitrogens with one attached hydrogen (secondary N) is 1. The van der Waals surface area contributed by atoms with Crippen LogP contribution in [0.1, 0.15) is 19.4 Å². The number of amides is 1. The lowest BCUT2D eigenvalue weighted by molar-refractivity contribution is -0.149. The Hall–Kier alpha value is -1.88. The van der Waals surface area contributed by atoms with E-state index in [1.807, 2.05) is 30.3 Å². The topological polar surface area (TPSA) is 64.6 Å². The zero-order valence-electron chi connectivity index (χ0n) is 11.4. The van der Waals surface area contributed by atoms with E-state index in [9.17, 15) is 9.59 Å². The summed E-state index contributed by atoms with van der Waals surface area (Å²) in [4.78, 5) is 22.7. The number of methoxy groups -OCH3 is 1. The first kappa shape index (κ1) is 15.2. The second-order valence-corrected chi connectivity index (χ2v) is 4.20. The maximum atomic E-state index is 11.6. The molecule has 1 amide bonds. The first-order valence-electron chi connectivity index (χ1n) is 6.05. The first-order chi connectivity index (χ1) is 9.04. The third kappa shape index (κ3) is 5.09. The van der Waals surface area contributed by atoms with Gasteiger partial charge < -0.3 is 14.8 Å². The van der Waals surface area contributed by atoms with Gasteiger partial charge in [-0.25, -0.2) is 4.79 Å². The SMILES string of the molecule is COC(=O)[C@H](NC(C)=O)[C@H](C)OCc1ccccc1. The summed E-state index contributed by atoms with van der Waals surface area (Å²) in [7, 11) is 1.28. The summed E-state index contributed by atoms with van der Waals surface area (Å²) in [5, 5.41) is 2.53. The van der Waals surface area contributed by atoms with Crippen molar-refractivity contribution in [3.8, 4) is 0 Å². The maximum Gasteiger partial charge on any atom is 0.331 e. The van der Waals surface area contributed by atoms with Crippen molar-refractivity contribution in [2.45, 2.75) is 32.6 Å². The van der Waals surface area contributed by atoms with Crippen LogP contribution in [0.2, 0.25) is 0 Å². The Labute approximate surface area is 112 Å². The molecule has 0 aliphatic carbocycles. The van der Waals surface area contributed by atoms with Crippen LogP contribution in [-0.2, 0) is 25.7 Å². The van der Waals surface area contributed by atoms with Crippen LogP contribution in [0.25, 0.3) is 0 Å². The molecule has 0 spiro atoms. The summed E-state index contributed by atoms with van der Waals surface area (Å²) in [6, 6.07) is 8.80. The Morgan fingerprint density at radius 2 is 1.89 bits per heavy atom. The molecule has 2 atom stereocenters. The second-order valence-electron chi connectivity index (χ2n) is 4.20. The van der Waals surface area contributed by atoms with Gasteiger partial charge >= 0.3 is 5.97 Å². The highest BCUT2D eigenvalue weighted by atomic mass is 16.5. The van der Waals surface area contributed by atoms with Crippen molar-refractivity contribution in [2.75, 3.05) is 7.11 Å². The molecule has 0 heterocycles. The largest absolute Gasteiger partial charge is 0.467 e. The summed E-state index contributed by atoms with van der Waals surface area (Å²) in [6.45, 7) is 3.44. The van der Waals surface area contributed by atoms with Gasteiger partial charge in [0.05, 0.1) is 19.8 Å². The molecule has 0 radical (unpaired) electrons. The molecule has 0 fully saturated rings. The molecule has 5 nitrogen and oxygen atoms in total. The van der Waals surface area contributed by atoms with Gasteiger partial charge in [-0.2, -0.15) is 0 Å². The quantitative estimate of drug-likeness (QED) is 0.787. The highest BCUT2D eigenvalue weighted by Crippen LogP contribution is 2.07. The molecule has 1 rings (SSSR count). The van der Waals surface area contributed by atoms with Gasteiger partial charge in [-0.05, 0) is 12.5 Å². The van der Waals surface area contributed by atoms with E-state index in [0.29, 0.717) is 6.61 Å². The first-order valence-corrected chi connectivity index (χ1v) is 6.05. The third-order valence-corrected chi connectivity index (χ3v) is 2.64. The second kappa shape index (κ2) is 7.53. The van der Waals surface area contributed by atoms with Crippen LogP contribution in [0.3, 0.4) is 0 Å². The van der Waals surface area contributed by atoms with Crippen LogP contribution in [0.4, 0.5) is 0 Å². The minimum Gasteiger partial charge on any atom is -0.467 e. The lowest BCUT2D eigenvalue weighted by atomic mass is 10.1. The zero-order valence-corrected chi connectivity index (χ0v) is 11.4. The number of carbonyl (C=O) groups is 2. The molecule has 0 saturated heterocycles. The number of hydrogen-bond donors (Lipinski definition) is 1. The summed E-state index contributed by atoms with van der Waals surface area (Å²) in [5.41, 5.74) is 1.00. The summed E-state index contributed by atoms with van der Waals surface area (Å²) < 4.78 is 10.3. The lowest BCUT2D eigenvalue weighted by Crippen LogP contribution is -2.48. The molecule has 1 aromatic carbocycles. The van der Waals surface area contributed by atoms with Crippen molar-refractivity contribution < 1.29 is 19.1 Å². The Morgan fingerprint density at radius 1 is 1.26 bits per heavy atom. The number of benzene rings is 1. The Kier molecular flexibility index (Phi) is 6.02. The van der Waals surface area contributed by atoms with Gasteiger partial charge in [0.1, 0.15) is 0 Å². The predicted octanol–water partition coefficient (Wildman–Crippen LogP) is 1.27. The predicted molar refractivity (Wildman–Crippen MR) is 70.3 cm³/mol. The molecular formula is C14H19NO4. The summed E-state index contributed by atoms with van der Waals surface area (Å²) in [5.74, 6) is -0.818. The number of rotatable bonds is 6. The number of carbonyl (C=O) groups excluding carboxylic acids is 2. The van der Waals surface area contributed by atoms with E-state index in [1.165, 1.54) is 14.0 Å². The molecule has 1 aromatic rings. The molecule has 0 unspecified atom stereocenters. The fourth-order valence-corrected chi connectivity index (χ4v) is 1.61. The maximum absolute atomic E-state index is 11.6. The summed E-state index contributed by atoms with van der Waals surface area (Å²) in [6.07, 6.45) is -0.475. The van der Waals surface area contributed by atoms with E-state index < -0.39 is 18.1 Å². The van der Waals surface area contributed by atoms with Crippen LogP contribution in [0.15, 0.2) is 30.3 Å². The van der Waals surface area contributed by atoms with E-state index >= 15 is 0 Å². The fourth-order valence-electron chi connectivity index (χ4n) is 1.61. The van der Waals surface area contributed by atoms with Crippen LogP contribution < -0.4 is 5.32 Å². The minimum atomic E-state index is -0.800. The van der Waals surface area contributed by atoms with Crippen molar-refractivity contribution in [2.24, 2.45) is 0 Å². The zero-order chi connectivity index (χ0) is 14.3. The van der Waals surface area contributed by atoms with Crippen LogP contribution in [0, 0.1) is 0 Å². The van der Waals surface area contributed by atoms with Gasteiger partial charge in [-0.15, -0.1) is 0 Å². The molecule has 5 heteroatoms. The van der Waals surface area contributed by atoms with E-state index in [0.717, 1.165) is 5.56 Å². The highest BCUT2D eigenvalue weighted by Gasteiger charge is 2.27. The average Bonchev–Trinajstić information content (AvgIpc) is 2.42. The van der Waals surface area contributed by atoms with Gasteiger partial charge in [-0.3, -0.25) is 4.79 Å². The van der Waals surface area contributed by atoms with Crippen LogP contribution >= 0.6 is 0 Å². The van der Waals surface area contributed by atoms with Gasteiger partial charge in [0.2, 0.25) is 5.91 Å². The lowest BCUT2D eigenvalue weighted by Gasteiger charge is -2.22. The van der Waals surface area contributed by atoms with Crippen molar-refractivity contribution in [3.63, 3.8) is 0 Å². The molecular weight excluding hydrogens is 246 g/mol. The van der Waals surface area contributed by atoms with Crippen molar-refractivity contribution >= 4 is 11.9 Å². The van der Waals surface area contributed by atoms with Crippen molar-refractivity contribution in [1.29, 1.82) is 0 Å².